The van der Waals surface area contributed by atoms with Gasteiger partial charge in [0.05, 0.1) is 28.1 Å². The first kappa shape index (κ1) is 26.1. The number of halogens is 2. The molecule has 0 aliphatic rings. The molecule has 0 aliphatic carbocycles. The number of hydrogen-bond acceptors (Lipinski definition) is 3. The Morgan fingerprint density at radius 3 is 2.03 bits per heavy atom. The topological polar surface area (TPSA) is 38.1 Å². The Balaban J connectivity index is 0.00000150. The Labute approximate surface area is 200 Å². The van der Waals surface area contributed by atoms with Crippen molar-refractivity contribution in [2.24, 2.45) is 4.99 Å². The Kier molecular flexibility index (Phi) is 9.93. The molecule has 0 aliphatic heterocycles. The number of para-hydroxylation sites is 1. The fourth-order valence-electron chi connectivity index (χ4n) is 3.51. The maximum Gasteiger partial charge on any atom is 2.00 e. The molecule has 0 saturated carbocycles. The molecule has 0 amide bonds. The second-order valence-electron chi connectivity index (χ2n) is 6.74. The van der Waals surface area contributed by atoms with Crippen molar-refractivity contribution < 1.29 is 41.9 Å². The number of fused-ring (bicyclic) bond motifs is 3. The molecule has 0 spiro atoms. The van der Waals surface area contributed by atoms with Crippen LogP contribution in [0.4, 0.5) is 5.69 Å². The average molecular weight is 480 g/mol. The van der Waals surface area contributed by atoms with Crippen LogP contribution in [0.1, 0.15) is 37.6 Å². The van der Waals surface area contributed by atoms with Crippen LogP contribution in [0.3, 0.4) is 0 Å². The Bertz CT molecular complexity index is 1150. The third-order valence-corrected chi connectivity index (χ3v) is 5.05. The molecule has 0 N–H and O–H groups in total. The summed E-state index contributed by atoms with van der Waals surface area (Å²) >= 11 is 0. The van der Waals surface area contributed by atoms with Crippen molar-refractivity contribution in [3.63, 3.8) is 0 Å². The SMILES string of the molecule is CCc1cccc(CC)c1N=C(C)c1ccc2ccc3cccnc3c2n1.[Cl-].[Cl-].[Fe+2]. The molecule has 0 radical (unpaired) electrons. The van der Waals surface area contributed by atoms with E-state index in [0.29, 0.717) is 0 Å². The van der Waals surface area contributed by atoms with E-state index in [4.69, 9.17) is 9.98 Å². The molecule has 0 atom stereocenters. The number of benzene rings is 2. The number of nitrogens with zero attached hydrogens (tertiary/aromatic N) is 3. The van der Waals surface area contributed by atoms with Crippen molar-refractivity contribution >= 4 is 33.2 Å². The maximum absolute atomic E-state index is 4.99. The van der Waals surface area contributed by atoms with Crippen LogP contribution in [0.5, 0.6) is 0 Å². The number of hydrogen-bond donors (Lipinski definition) is 0. The summed E-state index contributed by atoms with van der Waals surface area (Å²) in [6.45, 7) is 6.39. The molecule has 3 nitrogen and oxygen atoms in total. The third-order valence-electron chi connectivity index (χ3n) is 5.05. The van der Waals surface area contributed by atoms with Crippen LogP contribution >= 0.6 is 0 Å². The summed E-state index contributed by atoms with van der Waals surface area (Å²) < 4.78 is 0. The Morgan fingerprint density at radius 2 is 1.40 bits per heavy atom. The van der Waals surface area contributed by atoms with Gasteiger partial charge in [-0.15, -0.1) is 0 Å². The van der Waals surface area contributed by atoms with E-state index in [9.17, 15) is 0 Å². The van der Waals surface area contributed by atoms with Gasteiger partial charge in [0.15, 0.2) is 0 Å². The summed E-state index contributed by atoms with van der Waals surface area (Å²) in [6.07, 6.45) is 3.77. The molecule has 0 unspecified atom stereocenters. The van der Waals surface area contributed by atoms with Crippen LogP contribution in [0, 0.1) is 0 Å². The number of pyridine rings is 2. The molecule has 0 bridgehead atoms. The van der Waals surface area contributed by atoms with Crippen molar-refractivity contribution in [2.45, 2.75) is 33.6 Å². The molecular weight excluding hydrogens is 457 g/mol. The van der Waals surface area contributed by atoms with E-state index in [0.717, 1.165) is 51.7 Å². The van der Waals surface area contributed by atoms with Crippen LogP contribution in [0.2, 0.25) is 0 Å². The smallest absolute Gasteiger partial charge is 1.00 e. The fraction of sp³-hybridized carbons (Fsp3) is 0.208. The number of aryl methyl sites for hydroxylation is 2. The van der Waals surface area contributed by atoms with Gasteiger partial charge in [-0.3, -0.25) is 9.98 Å². The molecular formula is C24H23Cl2FeN3. The Hall–Kier alpha value is -1.97. The van der Waals surface area contributed by atoms with Gasteiger partial charge in [-0.25, -0.2) is 4.98 Å². The van der Waals surface area contributed by atoms with Gasteiger partial charge in [0.1, 0.15) is 0 Å². The van der Waals surface area contributed by atoms with Crippen molar-refractivity contribution in [3.8, 4) is 0 Å². The summed E-state index contributed by atoms with van der Waals surface area (Å²) in [5.74, 6) is 0. The van der Waals surface area contributed by atoms with Gasteiger partial charge in [-0.1, -0.05) is 56.3 Å². The number of rotatable bonds is 4. The van der Waals surface area contributed by atoms with E-state index in [1.54, 1.807) is 0 Å². The van der Waals surface area contributed by atoms with Gasteiger partial charge in [-0.05, 0) is 43.0 Å². The number of aromatic nitrogens is 2. The normalized spacial score (nSPS) is 10.8. The minimum atomic E-state index is 0. The van der Waals surface area contributed by atoms with Crippen molar-refractivity contribution in [1.82, 2.24) is 9.97 Å². The van der Waals surface area contributed by atoms with Crippen molar-refractivity contribution in [1.29, 1.82) is 0 Å². The monoisotopic (exact) mass is 479 g/mol. The van der Waals surface area contributed by atoms with Gasteiger partial charge < -0.3 is 24.8 Å². The molecule has 4 aromatic rings. The second kappa shape index (κ2) is 11.4. The molecule has 0 fully saturated rings. The van der Waals surface area contributed by atoms with E-state index in [2.05, 4.69) is 67.4 Å². The molecule has 2 aromatic carbocycles. The van der Waals surface area contributed by atoms with Gasteiger partial charge in [0.2, 0.25) is 0 Å². The standard InChI is InChI=1S/C24H23N3.2ClH.Fe/c1-4-17-8-6-9-18(5-2)22(17)26-16(3)21-14-13-20-12-11-19-10-7-15-25-23(19)24(20)27-21;;;/h6-15H,4-5H2,1-3H3;2*1H;/q;;;+2/p-2. The predicted octanol–water partition coefficient (Wildman–Crippen LogP) is 0.0540. The van der Waals surface area contributed by atoms with E-state index < -0.39 is 0 Å². The molecule has 4 rings (SSSR count). The van der Waals surface area contributed by atoms with Gasteiger partial charge in [0.25, 0.3) is 0 Å². The first-order chi connectivity index (χ1) is 13.2. The maximum atomic E-state index is 4.99. The zero-order valence-electron chi connectivity index (χ0n) is 17.1. The molecule has 0 saturated heterocycles. The zero-order valence-corrected chi connectivity index (χ0v) is 19.8. The molecule has 6 heteroatoms. The molecule has 2 aromatic heterocycles. The van der Waals surface area contributed by atoms with Crippen LogP contribution < -0.4 is 24.8 Å². The molecule has 156 valence electrons. The van der Waals surface area contributed by atoms with Gasteiger partial charge in [0, 0.05) is 17.0 Å². The fourth-order valence-corrected chi connectivity index (χ4v) is 3.51. The first-order valence-electron chi connectivity index (χ1n) is 9.52. The van der Waals surface area contributed by atoms with E-state index in [1.165, 1.54) is 11.1 Å². The van der Waals surface area contributed by atoms with Crippen LogP contribution in [-0.2, 0) is 29.9 Å². The molecule has 30 heavy (non-hydrogen) atoms. The van der Waals surface area contributed by atoms with Crippen LogP contribution in [0.15, 0.2) is 65.8 Å². The summed E-state index contributed by atoms with van der Waals surface area (Å²) in [7, 11) is 0. The van der Waals surface area contributed by atoms with Gasteiger partial charge in [-0.2, -0.15) is 0 Å². The molecule has 2 heterocycles. The van der Waals surface area contributed by atoms with E-state index in [1.807, 2.05) is 19.2 Å². The zero-order chi connectivity index (χ0) is 18.8. The van der Waals surface area contributed by atoms with E-state index >= 15 is 0 Å². The summed E-state index contributed by atoms with van der Waals surface area (Å²) in [6, 6.07) is 18.8. The van der Waals surface area contributed by atoms with Crippen molar-refractivity contribution in [3.05, 3.63) is 77.6 Å². The average Bonchev–Trinajstić information content (AvgIpc) is 2.73. The minimum Gasteiger partial charge on any atom is -1.00 e. The summed E-state index contributed by atoms with van der Waals surface area (Å²) in [5, 5.41) is 2.20. The van der Waals surface area contributed by atoms with Crippen LogP contribution in [0.25, 0.3) is 21.8 Å². The largest absolute Gasteiger partial charge is 2.00 e. The van der Waals surface area contributed by atoms with Crippen molar-refractivity contribution in [2.75, 3.05) is 0 Å². The quantitative estimate of drug-likeness (QED) is 0.236. The Morgan fingerprint density at radius 1 is 0.800 bits per heavy atom. The third kappa shape index (κ3) is 5.01. The predicted molar refractivity (Wildman–Crippen MR) is 114 cm³/mol. The minimum absolute atomic E-state index is 0. The van der Waals surface area contributed by atoms with E-state index in [-0.39, 0.29) is 41.9 Å². The second-order valence-corrected chi connectivity index (χ2v) is 6.74. The summed E-state index contributed by atoms with van der Waals surface area (Å²) in [4.78, 5) is 14.5. The first-order valence-corrected chi connectivity index (χ1v) is 9.52. The number of aliphatic imine (C=N–C) groups is 1. The summed E-state index contributed by atoms with van der Waals surface area (Å²) in [5.41, 5.74) is 7.35. The van der Waals surface area contributed by atoms with Gasteiger partial charge >= 0.3 is 17.1 Å². The van der Waals surface area contributed by atoms with Crippen LogP contribution in [-0.4, -0.2) is 15.7 Å².